The quantitative estimate of drug-likeness (QED) is 0.183. The predicted octanol–water partition coefficient (Wildman–Crippen LogP) is 6.47. The van der Waals surface area contributed by atoms with Gasteiger partial charge in [-0.3, -0.25) is 0 Å². The van der Waals surface area contributed by atoms with Crippen LogP contribution in [0.5, 0.6) is 0 Å². The molecule has 0 radical (unpaired) electrons. The largest absolute Gasteiger partial charge is 0.533 e. The van der Waals surface area contributed by atoms with Gasteiger partial charge in [-0.25, -0.2) is 13.1 Å². The molecular formula is C38H37NO3SSi. The van der Waals surface area contributed by atoms with Crippen molar-refractivity contribution >= 4 is 40.0 Å². The normalized spacial score (nSPS) is 15.4. The summed E-state index contributed by atoms with van der Waals surface area (Å²) < 4.78 is 38.5. The van der Waals surface area contributed by atoms with Crippen molar-refractivity contribution in [1.29, 1.82) is 0 Å². The van der Waals surface area contributed by atoms with Crippen molar-refractivity contribution in [1.82, 2.24) is 4.72 Å². The van der Waals surface area contributed by atoms with Gasteiger partial charge in [-0.1, -0.05) is 146 Å². The molecule has 0 fully saturated rings. The van der Waals surface area contributed by atoms with Crippen LogP contribution in [0.4, 0.5) is 0 Å². The third kappa shape index (κ3) is 5.81. The second-order valence-corrected chi connectivity index (χ2v) is 16.3. The van der Waals surface area contributed by atoms with Crippen molar-refractivity contribution in [2.45, 2.75) is 37.6 Å². The number of hydrogen-bond donors (Lipinski definition) is 1. The van der Waals surface area contributed by atoms with Gasteiger partial charge in [0, 0.05) is 5.92 Å². The summed E-state index contributed by atoms with van der Waals surface area (Å²) in [5, 5.41) is 3.49. The molecule has 1 heterocycles. The topological polar surface area (TPSA) is 55.4 Å². The predicted molar refractivity (Wildman–Crippen MR) is 182 cm³/mol. The molecule has 4 nitrogen and oxygen atoms in total. The van der Waals surface area contributed by atoms with Crippen LogP contribution in [0.3, 0.4) is 0 Å². The smallest absolute Gasteiger partial charge is 0.347 e. The van der Waals surface area contributed by atoms with Crippen LogP contribution in [0.2, 0.25) is 0 Å². The lowest BCUT2D eigenvalue weighted by atomic mass is 9.87. The average Bonchev–Trinajstić information content (AvgIpc) is 3.07. The standard InChI is InChI=1S/C38H37NO3SSi/c1-3-15-35(38(30-16-7-4-8-17-30)39-43(40,41)32-26-24-29(2)25-27-32)36-28-31-18-13-14-23-37(31)44(42-36,33-19-9-5-10-20-33)34-21-11-6-12-22-34/h4-14,16-28,35,38-39H,3,15H2,1-2H3/t35?,38-/m0/s1. The second kappa shape index (κ2) is 12.8. The highest BCUT2D eigenvalue weighted by Crippen LogP contribution is 2.38. The molecule has 1 aliphatic rings. The molecular weight excluding hydrogens is 579 g/mol. The van der Waals surface area contributed by atoms with Crippen LogP contribution in [-0.4, -0.2) is 16.7 Å². The van der Waals surface area contributed by atoms with Crippen LogP contribution in [0, 0.1) is 12.8 Å². The molecule has 6 heteroatoms. The SMILES string of the molecule is CCCC(C1=Cc2ccccc2[Si](c2ccccc2)(c2ccccc2)O1)[C@@H](NS(=O)(=O)c1ccc(C)cc1)c1ccccc1. The molecule has 222 valence electrons. The molecule has 1 N–H and O–H groups in total. The molecule has 0 bridgehead atoms. The highest BCUT2D eigenvalue weighted by atomic mass is 32.2. The molecule has 0 aliphatic carbocycles. The van der Waals surface area contributed by atoms with Gasteiger partial charge in [-0.05, 0) is 58.2 Å². The summed E-state index contributed by atoms with van der Waals surface area (Å²) >= 11 is 0. The molecule has 44 heavy (non-hydrogen) atoms. The lowest BCUT2D eigenvalue weighted by Crippen LogP contribution is -2.71. The number of hydrogen-bond acceptors (Lipinski definition) is 3. The van der Waals surface area contributed by atoms with E-state index in [1.54, 1.807) is 12.1 Å². The summed E-state index contributed by atoms with van der Waals surface area (Å²) in [5.74, 6) is 0.556. The van der Waals surface area contributed by atoms with E-state index in [9.17, 15) is 8.42 Å². The maximum absolute atomic E-state index is 13.9. The van der Waals surface area contributed by atoms with Crippen LogP contribution in [0.1, 0.15) is 42.5 Å². The van der Waals surface area contributed by atoms with E-state index >= 15 is 0 Å². The lowest BCUT2D eigenvalue weighted by molar-refractivity contribution is 0.298. The Bertz CT molecular complexity index is 1800. The molecule has 2 atom stereocenters. The Labute approximate surface area is 262 Å². The van der Waals surface area contributed by atoms with Crippen LogP contribution >= 0.6 is 0 Å². The molecule has 5 aromatic rings. The Hall–Kier alpha value is -4.23. The van der Waals surface area contributed by atoms with Crippen molar-refractivity contribution in [2.75, 3.05) is 0 Å². The fourth-order valence-corrected chi connectivity index (χ4v) is 11.6. The van der Waals surface area contributed by atoms with Gasteiger partial charge in [0.25, 0.3) is 0 Å². The zero-order chi connectivity index (χ0) is 30.6. The van der Waals surface area contributed by atoms with Gasteiger partial charge in [0.2, 0.25) is 10.0 Å². The van der Waals surface area contributed by atoms with E-state index in [0.717, 1.165) is 45.7 Å². The third-order valence-corrected chi connectivity index (χ3v) is 13.9. The highest BCUT2D eigenvalue weighted by Gasteiger charge is 2.49. The van der Waals surface area contributed by atoms with Crippen LogP contribution in [-0.2, 0) is 14.4 Å². The number of sulfonamides is 1. The lowest BCUT2D eigenvalue weighted by Gasteiger charge is -2.42. The van der Waals surface area contributed by atoms with Crippen molar-refractivity contribution in [3.8, 4) is 0 Å². The summed E-state index contributed by atoms with van der Waals surface area (Å²) in [6.07, 6.45) is 3.73. The van der Waals surface area contributed by atoms with Crippen molar-refractivity contribution < 1.29 is 12.8 Å². The molecule has 0 aromatic heterocycles. The van der Waals surface area contributed by atoms with Gasteiger partial charge in [-0.2, -0.15) is 0 Å². The number of benzene rings is 5. The Morgan fingerprint density at radius 2 is 1.25 bits per heavy atom. The number of fused-ring (bicyclic) bond motifs is 1. The van der Waals surface area contributed by atoms with Crippen LogP contribution < -0.4 is 20.3 Å². The Balaban J connectivity index is 1.54. The molecule has 6 rings (SSSR count). The van der Waals surface area contributed by atoms with Crippen LogP contribution in [0.25, 0.3) is 6.08 Å². The van der Waals surface area contributed by atoms with Gasteiger partial charge in [-0.15, -0.1) is 0 Å². The molecule has 0 spiro atoms. The minimum atomic E-state index is -3.84. The Morgan fingerprint density at radius 1 is 0.705 bits per heavy atom. The van der Waals surface area contributed by atoms with E-state index in [2.05, 4.69) is 90.5 Å². The monoisotopic (exact) mass is 615 g/mol. The van der Waals surface area contributed by atoms with Crippen molar-refractivity contribution in [2.24, 2.45) is 5.92 Å². The summed E-state index contributed by atoms with van der Waals surface area (Å²) in [7, 11) is -6.87. The first-order valence-electron chi connectivity index (χ1n) is 15.2. The first-order chi connectivity index (χ1) is 21.4. The summed E-state index contributed by atoms with van der Waals surface area (Å²) in [6.45, 7) is 4.09. The van der Waals surface area contributed by atoms with E-state index in [4.69, 9.17) is 4.43 Å². The Kier molecular flexibility index (Phi) is 8.66. The van der Waals surface area contributed by atoms with E-state index in [1.165, 1.54) is 5.19 Å². The first kappa shape index (κ1) is 29.8. The van der Waals surface area contributed by atoms with E-state index in [0.29, 0.717) is 0 Å². The van der Waals surface area contributed by atoms with E-state index < -0.39 is 24.4 Å². The molecule has 0 amide bonds. The summed E-state index contributed by atoms with van der Waals surface area (Å²) in [6, 6.07) is 45.9. The molecule has 1 aliphatic heterocycles. The molecule has 5 aromatic carbocycles. The maximum atomic E-state index is 13.9. The molecule has 0 saturated carbocycles. The van der Waals surface area contributed by atoms with Crippen LogP contribution in [0.15, 0.2) is 150 Å². The Morgan fingerprint density at radius 3 is 1.84 bits per heavy atom. The minimum Gasteiger partial charge on any atom is -0.533 e. The van der Waals surface area contributed by atoms with Gasteiger partial charge in [0.05, 0.1) is 16.7 Å². The second-order valence-electron chi connectivity index (χ2n) is 11.4. The van der Waals surface area contributed by atoms with Crippen molar-refractivity contribution in [3.05, 3.63) is 162 Å². The molecule has 1 unspecified atom stereocenters. The number of aryl methyl sites for hydroxylation is 1. The fraction of sp³-hybridized carbons (Fsp3) is 0.158. The summed E-state index contributed by atoms with van der Waals surface area (Å²) in [4.78, 5) is 0.250. The molecule has 0 saturated heterocycles. The van der Waals surface area contributed by atoms with Gasteiger partial charge in [0.1, 0.15) is 0 Å². The van der Waals surface area contributed by atoms with Crippen molar-refractivity contribution in [3.63, 3.8) is 0 Å². The number of nitrogens with one attached hydrogen (secondary N) is 1. The van der Waals surface area contributed by atoms with E-state index in [-0.39, 0.29) is 10.8 Å². The maximum Gasteiger partial charge on any atom is 0.347 e. The zero-order valence-electron chi connectivity index (χ0n) is 25.1. The van der Waals surface area contributed by atoms with E-state index in [1.807, 2.05) is 61.5 Å². The summed E-state index contributed by atoms with van der Waals surface area (Å²) in [5.41, 5.74) is 3.02. The number of rotatable bonds is 10. The average molecular weight is 616 g/mol. The fourth-order valence-electron chi connectivity index (χ4n) is 6.26. The first-order valence-corrected chi connectivity index (χ1v) is 18.6. The van der Waals surface area contributed by atoms with Gasteiger partial charge in [0.15, 0.2) is 0 Å². The third-order valence-electron chi connectivity index (χ3n) is 8.41. The highest BCUT2D eigenvalue weighted by molar-refractivity contribution is 7.89. The van der Waals surface area contributed by atoms with Gasteiger partial charge >= 0.3 is 8.32 Å². The zero-order valence-corrected chi connectivity index (χ0v) is 26.9. The van der Waals surface area contributed by atoms with Gasteiger partial charge < -0.3 is 4.43 Å². The minimum absolute atomic E-state index is 0.250.